The van der Waals surface area contributed by atoms with Crippen LogP contribution >= 0.6 is 24.8 Å². The summed E-state index contributed by atoms with van der Waals surface area (Å²) in [5.74, 6) is 1.52. The van der Waals surface area contributed by atoms with E-state index in [0.717, 1.165) is 23.7 Å². The first-order valence-corrected chi connectivity index (χ1v) is 8.39. The lowest BCUT2D eigenvalue weighted by molar-refractivity contribution is -0.122. The summed E-state index contributed by atoms with van der Waals surface area (Å²) in [6, 6.07) is 7.39. The lowest BCUT2D eigenvalue weighted by atomic mass is 10.0. The van der Waals surface area contributed by atoms with Crippen molar-refractivity contribution < 1.29 is 14.3 Å². The van der Waals surface area contributed by atoms with Gasteiger partial charge in [0, 0.05) is 38.4 Å². The number of aromatic nitrogens is 2. The number of carbonyl (C=O) groups is 1. The van der Waals surface area contributed by atoms with Crippen LogP contribution in [-0.2, 0) is 16.6 Å². The zero-order valence-electron chi connectivity index (χ0n) is 15.4. The number of nitrogens with one attached hydrogen (secondary N) is 2. The Labute approximate surface area is 171 Å². The molecule has 0 radical (unpaired) electrons. The van der Waals surface area contributed by atoms with E-state index in [0.29, 0.717) is 19.6 Å². The SMILES string of the molecule is COc1ccc(C(NC(=O)CC2COCCN2)c2nccn2C)cc1.Cl.Cl. The molecule has 1 aliphatic rings. The average molecular weight is 417 g/mol. The molecule has 0 saturated carbocycles. The van der Waals surface area contributed by atoms with Gasteiger partial charge in [-0.3, -0.25) is 4.79 Å². The number of halogens is 2. The molecule has 1 aliphatic heterocycles. The van der Waals surface area contributed by atoms with E-state index >= 15 is 0 Å². The maximum absolute atomic E-state index is 12.6. The number of nitrogens with zero attached hydrogens (tertiary/aromatic N) is 2. The first-order chi connectivity index (χ1) is 12.2. The fourth-order valence-electron chi connectivity index (χ4n) is 2.94. The highest BCUT2D eigenvalue weighted by Gasteiger charge is 2.23. The Balaban J connectivity index is 0.00000182. The number of aryl methyl sites for hydroxylation is 1. The summed E-state index contributed by atoms with van der Waals surface area (Å²) in [5, 5.41) is 6.40. The standard InChI is InChI=1S/C18H24N4O3.2ClH/c1-22-9-7-20-18(22)17(13-3-5-15(24-2)6-4-13)21-16(23)11-14-12-25-10-8-19-14;;/h3-7,9,14,17,19H,8,10-12H2,1-2H3,(H,21,23);2*1H. The summed E-state index contributed by atoms with van der Waals surface area (Å²) < 4.78 is 12.5. The van der Waals surface area contributed by atoms with Crippen LogP contribution in [0.5, 0.6) is 5.75 Å². The summed E-state index contributed by atoms with van der Waals surface area (Å²) in [5.41, 5.74) is 0.955. The number of hydrogen-bond donors (Lipinski definition) is 2. The Morgan fingerprint density at radius 3 is 2.70 bits per heavy atom. The van der Waals surface area contributed by atoms with Gasteiger partial charge < -0.3 is 24.7 Å². The average Bonchev–Trinajstić information content (AvgIpc) is 3.06. The molecule has 2 unspecified atom stereocenters. The predicted octanol–water partition coefficient (Wildman–Crippen LogP) is 1.86. The van der Waals surface area contributed by atoms with Gasteiger partial charge in [-0.25, -0.2) is 4.98 Å². The third kappa shape index (κ3) is 6.10. The minimum atomic E-state index is -0.317. The van der Waals surface area contributed by atoms with E-state index in [-0.39, 0.29) is 42.8 Å². The number of hydrogen-bond acceptors (Lipinski definition) is 5. The van der Waals surface area contributed by atoms with Gasteiger partial charge in [0.1, 0.15) is 17.6 Å². The molecule has 1 fully saturated rings. The quantitative estimate of drug-likeness (QED) is 0.751. The second kappa shape index (κ2) is 11.1. The van der Waals surface area contributed by atoms with Gasteiger partial charge in [0.2, 0.25) is 5.91 Å². The number of carbonyl (C=O) groups excluding carboxylic acids is 1. The van der Waals surface area contributed by atoms with Gasteiger partial charge in [0.05, 0.1) is 20.3 Å². The molecule has 2 N–H and O–H groups in total. The lowest BCUT2D eigenvalue weighted by Gasteiger charge is -2.25. The molecule has 1 aromatic heterocycles. The molecule has 3 rings (SSSR count). The van der Waals surface area contributed by atoms with Crippen LogP contribution in [0, 0.1) is 0 Å². The molecule has 2 atom stereocenters. The Morgan fingerprint density at radius 1 is 1.41 bits per heavy atom. The van der Waals surface area contributed by atoms with E-state index in [1.807, 2.05) is 42.1 Å². The molecular weight excluding hydrogens is 391 g/mol. The van der Waals surface area contributed by atoms with E-state index in [2.05, 4.69) is 15.6 Å². The molecule has 0 spiro atoms. The van der Waals surface area contributed by atoms with Crippen molar-refractivity contribution in [3.05, 3.63) is 48.0 Å². The van der Waals surface area contributed by atoms with Gasteiger partial charge in [-0.05, 0) is 17.7 Å². The second-order valence-corrected chi connectivity index (χ2v) is 6.10. The second-order valence-electron chi connectivity index (χ2n) is 6.10. The van der Waals surface area contributed by atoms with Crippen molar-refractivity contribution in [2.75, 3.05) is 26.9 Å². The minimum absolute atomic E-state index is 0. The van der Waals surface area contributed by atoms with Gasteiger partial charge >= 0.3 is 0 Å². The van der Waals surface area contributed by atoms with Crippen LogP contribution in [0.4, 0.5) is 0 Å². The zero-order valence-corrected chi connectivity index (χ0v) is 17.0. The van der Waals surface area contributed by atoms with Gasteiger partial charge in [-0.2, -0.15) is 0 Å². The fourth-order valence-corrected chi connectivity index (χ4v) is 2.94. The molecule has 9 heteroatoms. The number of amides is 1. The largest absolute Gasteiger partial charge is 0.497 e. The fraction of sp³-hybridized carbons (Fsp3) is 0.444. The van der Waals surface area contributed by atoms with Crippen molar-refractivity contribution in [2.24, 2.45) is 7.05 Å². The highest BCUT2D eigenvalue weighted by atomic mass is 35.5. The number of benzene rings is 1. The van der Waals surface area contributed by atoms with Crippen molar-refractivity contribution in [3.63, 3.8) is 0 Å². The molecule has 0 aliphatic carbocycles. The Hall–Kier alpha value is -1.80. The number of imidazole rings is 1. The van der Waals surface area contributed by atoms with Crippen molar-refractivity contribution in [2.45, 2.75) is 18.5 Å². The molecule has 7 nitrogen and oxygen atoms in total. The Morgan fingerprint density at radius 2 is 2.15 bits per heavy atom. The first kappa shape index (κ1) is 23.2. The number of rotatable bonds is 6. The van der Waals surface area contributed by atoms with E-state index in [1.165, 1.54) is 0 Å². The molecule has 2 aromatic rings. The molecule has 150 valence electrons. The Bertz CT molecular complexity index is 703. The minimum Gasteiger partial charge on any atom is -0.497 e. The van der Waals surface area contributed by atoms with E-state index in [4.69, 9.17) is 9.47 Å². The van der Waals surface area contributed by atoms with Crippen LogP contribution in [-0.4, -0.2) is 48.4 Å². The van der Waals surface area contributed by atoms with Crippen molar-refractivity contribution in [3.8, 4) is 5.75 Å². The monoisotopic (exact) mass is 416 g/mol. The van der Waals surface area contributed by atoms with Gasteiger partial charge in [-0.1, -0.05) is 12.1 Å². The van der Waals surface area contributed by atoms with E-state index in [9.17, 15) is 4.79 Å². The molecule has 2 heterocycles. The molecule has 27 heavy (non-hydrogen) atoms. The molecular formula is C18H26Cl2N4O3. The maximum atomic E-state index is 12.6. The summed E-state index contributed by atoms with van der Waals surface area (Å²) >= 11 is 0. The van der Waals surface area contributed by atoms with Crippen molar-refractivity contribution >= 4 is 30.7 Å². The molecule has 1 amide bonds. The number of ether oxygens (including phenoxy) is 2. The topological polar surface area (TPSA) is 77.4 Å². The first-order valence-electron chi connectivity index (χ1n) is 8.39. The molecule has 0 bridgehead atoms. The Kier molecular flexibility index (Phi) is 9.59. The van der Waals surface area contributed by atoms with E-state index in [1.54, 1.807) is 13.3 Å². The van der Waals surface area contributed by atoms with Crippen molar-refractivity contribution in [1.29, 1.82) is 0 Å². The predicted molar refractivity (Wildman–Crippen MR) is 108 cm³/mol. The highest BCUT2D eigenvalue weighted by molar-refractivity contribution is 5.85. The van der Waals surface area contributed by atoms with Crippen LogP contribution in [0.2, 0.25) is 0 Å². The highest BCUT2D eigenvalue weighted by Crippen LogP contribution is 2.23. The van der Waals surface area contributed by atoms with Crippen LogP contribution < -0.4 is 15.4 Å². The summed E-state index contributed by atoms with van der Waals surface area (Å²) in [6.45, 7) is 2.03. The summed E-state index contributed by atoms with van der Waals surface area (Å²) in [4.78, 5) is 17.0. The van der Waals surface area contributed by atoms with Crippen LogP contribution in [0.1, 0.15) is 23.9 Å². The van der Waals surface area contributed by atoms with Crippen LogP contribution in [0.25, 0.3) is 0 Å². The molecule has 1 saturated heterocycles. The normalized spacial score (nSPS) is 17.2. The number of methoxy groups -OCH3 is 1. The van der Waals surface area contributed by atoms with Gasteiger partial charge in [0.25, 0.3) is 0 Å². The lowest BCUT2D eigenvalue weighted by Crippen LogP contribution is -2.44. The van der Waals surface area contributed by atoms with Crippen LogP contribution in [0.3, 0.4) is 0 Å². The maximum Gasteiger partial charge on any atom is 0.222 e. The van der Waals surface area contributed by atoms with Crippen LogP contribution in [0.15, 0.2) is 36.7 Å². The summed E-state index contributed by atoms with van der Waals surface area (Å²) in [6.07, 6.45) is 3.97. The van der Waals surface area contributed by atoms with E-state index < -0.39 is 0 Å². The van der Waals surface area contributed by atoms with Crippen molar-refractivity contribution in [1.82, 2.24) is 20.2 Å². The smallest absolute Gasteiger partial charge is 0.222 e. The summed E-state index contributed by atoms with van der Waals surface area (Å²) in [7, 11) is 3.55. The zero-order chi connectivity index (χ0) is 17.6. The number of morpholine rings is 1. The molecule has 1 aromatic carbocycles. The third-order valence-electron chi connectivity index (χ3n) is 4.30. The third-order valence-corrected chi connectivity index (χ3v) is 4.30. The van der Waals surface area contributed by atoms with Gasteiger partial charge in [-0.15, -0.1) is 24.8 Å². The van der Waals surface area contributed by atoms with Gasteiger partial charge in [0.15, 0.2) is 0 Å².